The lowest BCUT2D eigenvalue weighted by Crippen LogP contribution is -2.14. The minimum absolute atomic E-state index is 0.336. The number of carbonyl (C=O) groups excluding carboxylic acids is 1. The summed E-state index contributed by atoms with van der Waals surface area (Å²) in [5, 5.41) is 2.75. The highest BCUT2D eigenvalue weighted by Gasteiger charge is 2.09. The van der Waals surface area contributed by atoms with Crippen molar-refractivity contribution in [2.45, 2.75) is 6.92 Å². The molecule has 2 N–H and O–H groups in total. The van der Waals surface area contributed by atoms with Gasteiger partial charge in [-0.3, -0.25) is 9.52 Å². The van der Waals surface area contributed by atoms with Crippen molar-refractivity contribution >= 4 is 27.3 Å². The lowest BCUT2D eigenvalue weighted by molar-refractivity contribution is 0.102. The quantitative estimate of drug-likeness (QED) is 0.850. The monoisotopic (exact) mass is 334 g/mol. The molecule has 122 valence electrons. The zero-order chi connectivity index (χ0) is 16.9. The number of hydrogen-bond donors (Lipinski definition) is 2. The van der Waals surface area contributed by atoms with Crippen LogP contribution >= 0.6 is 0 Å². The molecule has 0 heterocycles. The van der Waals surface area contributed by atoms with E-state index in [0.29, 0.717) is 29.3 Å². The van der Waals surface area contributed by atoms with E-state index < -0.39 is 10.0 Å². The Hall–Kier alpha value is -2.54. The highest BCUT2D eigenvalue weighted by molar-refractivity contribution is 7.92. The van der Waals surface area contributed by atoms with Gasteiger partial charge in [-0.15, -0.1) is 0 Å². The van der Waals surface area contributed by atoms with Gasteiger partial charge in [0.2, 0.25) is 10.0 Å². The minimum atomic E-state index is -3.39. The third-order valence-electron chi connectivity index (χ3n) is 2.83. The smallest absolute Gasteiger partial charge is 0.255 e. The summed E-state index contributed by atoms with van der Waals surface area (Å²) < 4.78 is 30.2. The highest BCUT2D eigenvalue weighted by atomic mass is 32.2. The number of anilines is 2. The van der Waals surface area contributed by atoms with Crippen LogP contribution in [-0.2, 0) is 10.0 Å². The predicted octanol–water partition coefficient (Wildman–Crippen LogP) is 2.71. The van der Waals surface area contributed by atoms with Gasteiger partial charge in [-0.25, -0.2) is 8.42 Å². The first-order valence-electron chi connectivity index (χ1n) is 6.99. The molecule has 7 heteroatoms. The summed E-state index contributed by atoms with van der Waals surface area (Å²) >= 11 is 0. The molecular weight excluding hydrogens is 316 g/mol. The van der Waals surface area contributed by atoms with Crippen molar-refractivity contribution in [2.75, 3.05) is 22.9 Å². The molecule has 2 aromatic carbocycles. The van der Waals surface area contributed by atoms with Crippen molar-refractivity contribution in [2.24, 2.45) is 0 Å². The summed E-state index contributed by atoms with van der Waals surface area (Å²) in [5.41, 5.74) is 1.28. The van der Waals surface area contributed by atoms with Gasteiger partial charge in [0, 0.05) is 23.0 Å². The van der Waals surface area contributed by atoms with E-state index in [1.54, 1.807) is 42.5 Å². The van der Waals surface area contributed by atoms with E-state index in [1.165, 1.54) is 6.07 Å². The van der Waals surface area contributed by atoms with Crippen LogP contribution in [0.1, 0.15) is 17.3 Å². The Kier molecular flexibility index (Phi) is 5.23. The first kappa shape index (κ1) is 16.8. The van der Waals surface area contributed by atoms with Crippen molar-refractivity contribution in [1.29, 1.82) is 0 Å². The standard InChI is InChI=1S/C16H18N2O4S/c1-3-22-15-9-5-7-13(11-15)17-16(19)12-6-4-8-14(10-12)18-23(2,20)21/h4-11,18H,3H2,1-2H3,(H,17,19). The summed E-state index contributed by atoms with van der Waals surface area (Å²) in [7, 11) is -3.39. The number of nitrogens with one attached hydrogen (secondary N) is 2. The molecule has 0 radical (unpaired) electrons. The average molecular weight is 334 g/mol. The van der Waals surface area contributed by atoms with Crippen LogP contribution in [0.5, 0.6) is 5.75 Å². The molecule has 0 spiro atoms. The Bertz CT molecular complexity index is 803. The second-order valence-electron chi connectivity index (χ2n) is 4.87. The van der Waals surface area contributed by atoms with Gasteiger partial charge in [0.25, 0.3) is 5.91 Å². The predicted molar refractivity (Wildman–Crippen MR) is 90.5 cm³/mol. The highest BCUT2D eigenvalue weighted by Crippen LogP contribution is 2.19. The third-order valence-corrected chi connectivity index (χ3v) is 3.44. The average Bonchev–Trinajstić information content (AvgIpc) is 2.46. The molecule has 23 heavy (non-hydrogen) atoms. The molecule has 0 unspecified atom stereocenters. The summed E-state index contributed by atoms with van der Waals surface area (Å²) in [4.78, 5) is 12.3. The molecule has 0 aromatic heterocycles. The van der Waals surface area contributed by atoms with Crippen LogP contribution < -0.4 is 14.8 Å². The molecule has 0 aliphatic rings. The van der Waals surface area contributed by atoms with E-state index in [2.05, 4.69) is 10.0 Å². The first-order chi connectivity index (χ1) is 10.9. The maximum atomic E-state index is 12.3. The molecule has 0 aliphatic carbocycles. The van der Waals surface area contributed by atoms with Crippen molar-refractivity contribution < 1.29 is 17.9 Å². The fourth-order valence-electron chi connectivity index (χ4n) is 1.97. The van der Waals surface area contributed by atoms with Crippen molar-refractivity contribution in [1.82, 2.24) is 0 Å². The summed E-state index contributed by atoms with van der Waals surface area (Å²) in [6, 6.07) is 13.3. The van der Waals surface area contributed by atoms with Crippen LogP contribution in [0.4, 0.5) is 11.4 Å². The SMILES string of the molecule is CCOc1cccc(NC(=O)c2cccc(NS(C)(=O)=O)c2)c1. The summed E-state index contributed by atoms with van der Waals surface area (Å²) in [5.74, 6) is 0.327. The van der Waals surface area contributed by atoms with E-state index in [1.807, 2.05) is 6.92 Å². The second kappa shape index (κ2) is 7.15. The van der Waals surface area contributed by atoms with Gasteiger partial charge in [0.05, 0.1) is 12.9 Å². The number of benzene rings is 2. The zero-order valence-electron chi connectivity index (χ0n) is 12.9. The van der Waals surface area contributed by atoms with Gasteiger partial charge >= 0.3 is 0 Å². The Labute approximate surface area is 135 Å². The molecule has 0 atom stereocenters. The molecule has 2 rings (SSSR count). The van der Waals surface area contributed by atoms with Crippen LogP contribution in [-0.4, -0.2) is 27.2 Å². The fraction of sp³-hybridized carbons (Fsp3) is 0.188. The molecule has 0 bridgehead atoms. The molecule has 0 saturated heterocycles. The molecule has 6 nitrogen and oxygen atoms in total. The van der Waals surface area contributed by atoms with E-state index in [0.717, 1.165) is 6.26 Å². The number of hydrogen-bond acceptors (Lipinski definition) is 4. The Morgan fingerprint density at radius 2 is 1.78 bits per heavy atom. The molecule has 0 aliphatic heterocycles. The maximum absolute atomic E-state index is 12.3. The first-order valence-corrected chi connectivity index (χ1v) is 8.88. The topological polar surface area (TPSA) is 84.5 Å². The van der Waals surface area contributed by atoms with Crippen LogP contribution in [0, 0.1) is 0 Å². The van der Waals surface area contributed by atoms with E-state index in [4.69, 9.17) is 4.74 Å². The van der Waals surface area contributed by atoms with Crippen LogP contribution in [0.2, 0.25) is 0 Å². The molecule has 1 amide bonds. The van der Waals surface area contributed by atoms with Gasteiger partial charge < -0.3 is 10.1 Å². The molecular formula is C16H18N2O4S. The lowest BCUT2D eigenvalue weighted by atomic mass is 10.2. The zero-order valence-corrected chi connectivity index (χ0v) is 13.7. The number of rotatable bonds is 6. The van der Waals surface area contributed by atoms with E-state index >= 15 is 0 Å². The number of sulfonamides is 1. The van der Waals surface area contributed by atoms with Gasteiger partial charge in [0.1, 0.15) is 5.75 Å². The minimum Gasteiger partial charge on any atom is -0.494 e. The maximum Gasteiger partial charge on any atom is 0.255 e. The molecule has 2 aromatic rings. The molecule has 0 saturated carbocycles. The third kappa shape index (κ3) is 5.30. The van der Waals surface area contributed by atoms with E-state index in [9.17, 15) is 13.2 Å². The van der Waals surface area contributed by atoms with Crippen LogP contribution in [0.3, 0.4) is 0 Å². The Morgan fingerprint density at radius 3 is 2.48 bits per heavy atom. The van der Waals surface area contributed by atoms with Gasteiger partial charge in [-0.05, 0) is 37.3 Å². The summed E-state index contributed by atoms with van der Waals surface area (Å²) in [6.45, 7) is 2.42. The largest absolute Gasteiger partial charge is 0.494 e. The summed E-state index contributed by atoms with van der Waals surface area (Å²) in [6.07, 6.45) is 1.05. The number of ether oxygens (including phenoxy) is 1. The van der Waals surface area contributed by atoms with Crippen LogP contribution in [0.25, 0.3) is 0 Å². The normalized spacial score (nSPS) is 10.9. The van der Waals surface area contributed by atoms with E-state index in [-0.39, 0.29) is 5.91 Å². The van der Waals surface area contributed by atoms with Gasteiger partial charge in [-0.1, -0.05) is 12.1 Å². The lowest BCUT2D eigenvalue weighted by Gasteiger charge is -2.09. The van der Waals surface area contributed by atoms with Crippen LogP contribution in [0.15, 0.2) is 48.5 Å². The molecule has 0 fully saturated rings. The number of amides is 1. The Morgan fingerprint density at radius 1 is 1.09 bits per heavy atom. The van der Waals surface area contributed by atoms with Gasteiger partial charge in [-0.2, -0.15) is 0 Å². The van der Waals surface area contributed by atoms with Gasteiger partial charge in [0.15, 0.2) is 0 Å². The fourth-order valence-corrected chi connectivity index (χ4v) is 2.53. The van der Waals surface area contributed by atoms with Crippen molar-refractivity contribution in [3.8, 4) is 5.75 Å². The number of carbonyl (C=O) groups is 1. The Balaban J connectivity index is 2.14. The van der Waals surface area contributed by atoms with Crippen molar-refractivity contribution in [3.05, 3.63) is 54.1 Å². The van der Waals surface area contributed by atoms with Crippen molar-refractivity contribution in [3.63, 3.8) is 0 Å². The second-order valence-corrected chi connectivity index (χ2v) is 6.62.